The molecule has 0 atom stereocenters. The predicted molar refractivity (Wildman–Crippen MR) is 67.6 cm³/mol. The first-order valence-corrected chi connectivity index (χ1v) is 5.87. The number of nitriles is 1. The van der Waals surface area contributed by atoms with E-state index in [-0.39, 0.29) is 18.5 Å². The molecule has 0 aromatic heterocycles. The van der Waals surface area contributed by atoms with E-state index in [1.807, 2.05) is 51.1 Å². The van der Waals surface area contributed by atoms with Crippen LogP contribution in [0, 0.1) is 11.3 Å². The smallest absolute Gasteiger partial charge is 0.255 e. The second-order valence-electron chi connectivity index (χ2n) is 4.20. The molecule has 1 amide bonds. The van der Waals surface area contributed by atoms with Crippen LogP contribution in [-0.2, 0) is 6.42 Å². The van der Waals surface area contributed by atoms with Crippen molar-refractivity contribution >= 4 is 5.91 Å². The largest absolute Gasteiger partial charge is 0.323 e. The van der Waals surface area contributed by atoms with Gasteiger partial charge in [0.1, 0.15) is 6.54 Å². The van der Waals surface area contributed by atoms with E-state index >= 15 is 0 Å². The molecule has 90 valence electrons. The summed E-state index contributed by atoms with van der Waals surface area (Å²) in [5.74, 6) is -0.0565. The van der Waals surface area contributed by atoms with Crippen molar-refractivity contribution in [1.29, 1.82) is 5.26 Å². The Morgan fingerprint density at radius 2 is 2.06 bits per heavy atom. The normalized spacial score (nSPS) is 10.1. The fourth-order valence-corrected chi connectivity index (χ4v) is 1.76. The first kappa shape index (κ1) is 13.2. The van der Waals surface area contributed by atoms with E-state index in [0.29, 0.717) is 5.56 Å². The van der Waals surface area contributed by atoms with Crippen molar-refractivity contribution in [3.05, 3.63) is 35.4 Å². The van der Waals surface area contributed by atoms with Crippen LogP contribution in [0.5, 0.6) is 0 Å². The molecular formula is C14H18N2O. The summed E-state index contributed by atoms with van der Waals surface area (Å²) in [5, 5.41) is 8.76. The lowest BCUT2D eigenvalue weighted by Crippen LogP contribution is -2.37. The van der Waals surface area contributed by atoms with E-state index in [0.717, 1.165) is 12.0 Å². The molecule has 0 aliphatic heterocycles. The fraction of sp³-hybridized carbons (Fsp3) is 0.429. The molecule has 0 heterocycles. The number of hydrogen-bond acceptors (Lipinski definition) is 2. The molecule has 0 spiro atoms. The minimum atomic E-state index is -0.0565. The SMILES string of the molecule is CCc1ccccc1C(=O)N(CC#N)C(C)C. The van der Waals surface area contributed by atoms with Gasteiger partial charge in [-0.2, -0.15) is 5.26 Å². The van der Waals surface area contributed by atoms with Crippen LogP contribution in [0.4, 0.5) is 0 Å². The number of carbonyl (C=O) groups is 1. The highest BCUT2D eigenvalue weighted by Gasteiger charge is 2.19. The zero-order chi connectivity index (χ0) is 12.8. The van der Waals surface area contributed by atoms with Crippen LogP contribution >= 0.6 is 0 Å². The summed E-state index contributed by atoms with van der Waals surface area (Å²) < 4.78 is 0. The Balaban J connectivity index is 3.06. The van der Waals surface area contributed by atoms with E-state index in [1.54, 1.807) is 4.90 Å². The van der Waals surface area contributed by atoms with E-state index in [2.05, 4.69) is 0 Å². The molecule has 3 heteroatoms. The third-order valence-corrected chi connectivity index (χ3v) is 2.75. The minimum absolute atomic E-state index is 0.0343. The van der Waals surface area contributed by atoms with E-state index in [1.165, 1.54) is 0 Å². The monoisotopic (exact) mass is 230 g/mol. The molecule has 0 N–H and O–H groups in total. The van der Waals surface area contributed by atoms with Crippen LogP contribution in [0.3, 0.4) is 0 Å². The minimum Gasteiger partial charge on any atom is -0.323 e. The molecule has 0 bridgehead atoms. The predicted octanol–water partition coefficient (Wildman–Crippen LogP) is 2.62. The molecule has 17 heavy (non-hydrogen) atoms. The highest BCUT2D eigenvalue weighted by molar-refractivity contribution is 5.96. The van der Waals surface area contributed by atoms with Gasteiger partial charge in [0, 0.05) is 11.6 Å². The molecule has 0 fully saturated rings. The van der Waals surface area contributed by atoms with Gasteiger partial charge >= 0.3 is 0 Å². The Hall–Kier alpha value is -1.82. The molecule has 0 aliphatic carbocycles. The van der Waals surface area contributed by atoms with Gasteiger partial charge in [0.15, 0.2) is 0 Å². The Bertz CT molecular complexity index is 432. The Kier molecular flexibility index (Phi) is 4.71. The van der Waals surface area contributed by atoms with Crippen molar-refractivity contribution in [3.8, 4) is 6.07 Å². The van der Waals surface area contributed by atoms with Crippen LogP contribution < -0.4 is 0 Å². The van der Waals surface area contributed by atoms with Gasteiger partial charge in [0.2, 0.25) is 0 Å². The molecule has 0 saturated heterocycles. The van der Waals surface area contributed by atoms with Crippen LogP contribution in [0.1, 0.15) is 36.7 Å². The van der Waals surface area contributed by atoms with Crippen molar-refractivity contribution in [2.45, 2.75) is 33.2 Å². The summed E-state index contributed by atoms with van der Waals surface area (Å²) in [6.45, 7) is 6.00. The zero-order valence-electron chi connectivity index (χ0n) is 10.6. The highest BCUT2D eigenvalue weighted by Crippen LogP contribution is 2.14. The molecule has 0 saturated carbocycles. The van der Waals surface area contributed by atoms with E-state index in [9.17, 15) is 4.79 Å². The Labute approximate surface area is 103 Å². The second-order valence-corrected chi connectivity index (χ2v) is 4.20. The van der Waals surface area contributed by atoms with Crippen molar-refractivity contribution in [2.24, 2.45) is 0 Å². The van der Waals surface area contributed by atoms with E-state index in [4.69, 9.17) is 5.26 Å². The molecule has 3 nitrogen and oxygen atoms in total. The highest BCUT2D eigenvalue weighted by atomic mass is 16.2. The Morgan fingerprint density at radius 1 is 1.41 bits per heavy atom. The van der Waals surface area contributed by atoms with Gasteiger partial charge in [-0.25, -0.2) is 0 Å². The number of benzene rings is 1. The molecule has 0 radical (unpaired) electrons. The standard InChI is InChI=1S/C14H18N2O/c1-4-12-7-5-6-8-13(12)14(17)16(10-9-15)11(2)3/h5-8,11H,4,10H2,1-3H3. The van der Waals surface area contributed by atoms with Crippen molar-refractivity contribution in [3.63, 3.8) is 0 Å². The summed E-state index contributed by atoms with van der Waals surface area (Å²) in [5.41, 5.74) is 1.74. The quantitative estimate of drug-likeness (QED) is 0.746. The first-order chi connectivity index (χ1) is 8.11. The number of nitrogens with zero attached hydrogens (tertiary/aromatic N) is 2. The van der Waals surface area contributed by atoms with Gasteiger partial charge in [-0.05, 0) is 31.9 Å². The number of rotatable bonds is 4. The summed E-state index contributed by atoms with van der Waals surface area (Å²) in [6, 6.07) is 9.65. The van der Waals surface area contributed by atoms with Crippen molar-refractivity contribution < 1.29 is 4.79 Å². The molecule has 1 aromatic rings. The van der Waals surface area contributed by atoms with Gasteiger partial charge in [-0.15, -0.1) is 0 Å². The topological polar surface area (TPSA) is 44.1 Å². The number of amides is 1. The molecular weight excluding hydrogens is 212 g/mol. The van der Waals surface area contributed by atoms with E-state index < -0.39 is 0 Å². The second kappa shape index (κ2) is 6.05. The number of hydrogen-bond donors (Lipinski definition) is 0. The molecule has 0 aliphatic rings. The van der Waals surface area contributed by atoms with Crippen LogP contribution in [0.15, 0.2) is 24.3 Å². The maximum Gasteiger partial charge on any atom is 0.255 e. The summed E-state index contributed by atoms with van der Waals surface area (Å²) in [4.78, 5) is 13.9. The number of aryl methyl sites for hydroxylation is 1. The summed E-state index contributed by atoms with van der Waals surface area (Å²) in [6.07, 6.45) is 0.820. The Morgan fingerprint density at radius 3 is 2.59 bits per heavy atom. The van der Waals surface area contributed by atoms with Crippen LogP contribution in [0.2, 0.25) is 0 Å². The number of carbonyl (C=O) groups excluding carboxylic acids is 1. The lowest BCUT2D eigenvalue weighted by atomic mass is 10.0. The maximum atomic E-state index is 12.3. The van der Waals surface area contributed by atoms with Crippen molar-refractivity contribution in [2.75, 3.05) is 6.54 Å². The van der Waals surface area contributed by atoms with Crippen LogP contribution in [-0.4, -0.2) is 23.4 Å². The molecule has 0 unspecified atom stereocenters. The molecule has 1 aromatic carbocycles. The zero-order valence-corrected chi connectivity index (χ0v) is 10.6. The first-order valence-electron chi connectivity index (χ1n) is 5.87. The summed E-state index contributed by atoms with van der Waals surface area (Å²) >= 11 is 0. The average molecular weight is 230 g/mol. The lowest BCUT2D eigenvalue weighted by Gasteiger charge is -2.24. The fourth-order valence-electron chi connectivity index (χ4n) is 1.76. The average Bonchev–Trinajstić information content (AvgIpc) is 2.34. The summed E-state index contributed by atoms with van der Waals surface area (Å²) in [7, 11) is 0. The van der Waals surface area contributed by atoms with Gasteiger partial charge in [0.25, 0.3) is 5.91 Å². The van der Waals surface area contributed by atoms with Gasteiger partial charge in [0.05, 0.1) is 6.07 Å². The van der Waals surface area contributed by atoms with Gasteiger partial charge in [-0.1, -0.05) is 25.1 Å². The third kappa shape index (κ3) is 3.07. The maximum absolute atomic E-state index is 12.3. The lowest BCUT2D eigenvalue weighted by molar-refractivity contribution is 0.0730. The van der Waals surface area contributed by atoms with Crippen molar-refractivity contribution in [1.82, 2.24) is 4.90 Å². The van der Waals surface area contributed by atoms with Crippen LogP contribution in [0.25, 0.3) is 0 Å². The molecule has 1 rings (SSSR count). The van der Waals surface area contributed by atoms with Gasteiger partial charge < -0.3 is 4.90 Å². The third-order valence-electron chi connectivity index (χ3n) is 2.75. The van der Waals surface area contributed by atoms with Gasteiger partial charge in [-0.3, -0.25) is 4.79 Å².